The highest BCUT2D eigenvalue weighted by molar-refractivity contribution is 7.18. The van der Waals surface area contributed by atoms with Gasteiger partial charge in [0.2, 0.25) is 5.82 Å². The quantitative estimate of drug-likeness (QED) is 0.571. The lowest BCUT2D eigenvalue weighted by atomic mass is 10.0. The standard InChI is InChI=1S/C19H17ClF3N7O2S/c20-12-1-2-13(19(21,22)23)14(3-12)28-5-10-7-29(8-11(10)6-28)18-24-4-15(33-18)17-25-27-30(26-17)9-16(31)32/h1-4,10-11H,5-9H2,(H,31,32). The first-order valence-electron chi connectivity index (χ1n) is 10.00. The number of benzene rings is 1. The van der Waals surface area contributed by atoms with E-state index in [1.54, 1.807) is 11.1 Å². The van der Waals surface area contributed by atoms with Gasteiger partial charge in [0.25, 0.3) is 0 Å². The molecule has 5 rings (SSSR count). The van der Waals surface area contributed by atoms with Gasteiger partial charge in [0.1, 0.15) is 0 Å². The van der Waals surface area contributed by atoms with E-state index in [0.717, 1.165) is 16.0 Å². The average molecular weight is 500 g/mol. The first-order valence-corrected chi connectivity index (χ1v) is 11.2. The van der Waals surface area contributed by atoms with Crippen LogP contribution in [-0.2, 0) is 17.5 Å². The number of carbonyl (C=O) groups is 1. The van der Waals surface area contributed by atoms with Gasteiger partial charge in [-0.3, -0.25) is 4.79 Å². The SMILES string of the molecule is O=C(O)Cn1nnc(-c2cnc(N3CC4CN(c5cc(Cl)ccc5C(F)(F)F)CC4C3)s2)n1. The summed E-state index contributed by atoms with van der Waals surface area (Å²) in [5.41, 5.74) is -0.542. The van der Waals surface area contributed by atoms with Crippen molar-refractivity contribution in [2.24, 2.45) is 11.8 Å². The van der Waals surface area contributed by atoms with E-state index in [4.69, 9.17) is 16.7 Å². The van der Waals surface area contributed by atoms with Gasteiger partial charge in [-0.25, -0.2) is 4.98 Å². The van der Waals surface area contributed by atoms with Crippen molar-refractivity contribution in [3.8, 4) is 10.7 Å². The van der Waals surface area contributed by atoms with Crippen molar-refractivity contribution in [1.29, 1.82) is 0 Å². The molecule has 9 nitrogen and oxygen atoms in total. The van der Waals surface area contributed by atoms with Crippen LogP contribution in [0.4, 0.5) is 24.0 Å². The number of rotatable bonds is 5. The van der Waals surface area contributed by atoms with Gasteiger partial charge >= 0.3 is 12.1 Å². The van der Waals surface area contributed by atoms with Crippen molar-refractivity contribution in [1.82, 2.24) is 25.2 Å². The normalized spacial score (nSPS) is 20.5. The Morgan fingerprint density at radius 3 is 2.55 bits per heavy atom. The van der Waals surface area contributed by atoms with E-state index in [9.17, 15) is 18.0 Å². The van der Waals surface area contributed by atoms with Crippen LogP contribution in [0.2, 0.25) is 5.02 Å². The lowest BCUT2D eigenvalue weighted by Gasteiger charge is -2.26. The molecule has 14 heteroatoms. The first-order chi connectivity index (χ1) is 15.7. The van der Waals surface area contributed by atoms with E-state index in [0.29, 0.717) is 36.9 Å². The van der Waals surface area contributed by atoms with Crippen LogP contribution in [0.15, 0.2) is 24.4 Å². The molecular weight excluding hydrogens is 483 g/mol. The summed E-state index contributed by atoms with van der Waals surface area (Å²) in [5.74, 6) is -0.369. The van der Waals surface area contributed by atoms with E-state index < -0.39 is 17.7 Å². The van der Waals surface area contributed by atoms with E-state index in [-0.39, 0.29) is 29.1 Å². The highest BCUT2D eigenvalue weighted by atomic mass is 35.5. The van der Waals surface area contributed by atoms with Crippen LogP contribution in [0, 0.1) is 11.8 Å². The Balaban J connectivity index is 1.27. The lowest BCUT2D eigenvalue weighted by Crippen LogP contribution is -2.30. The maximum absolute atomic E-state index is 13.5. The van der Waals surface area contributed by atoms with Crippen LogP contribution >= 0.6 is 22.9 Å². The van der Waals surface area contributed by atoms with E-state index in [1.165, 1.54) is 23.5 Å². The number of hydrogen-bond acceptors (Lipinski definition) is 8. The van der Waals surface area contributed by atoms with Crippen LogP contribution in [0.25, 0.3) is 10.7 Å². The van der Waals surface area contributed by atoms with Gasteiger partial charge in [-0.1, -0.05) is 22.9 Å². The Kier molecular flexibility index (Phi) is 5.40. The number of aliphatic carboxylic acids is 1. The average Bonchev–Trinajstić information content (AvgIpc) is 3.49. The van der Waals surface area contributed by atoms with E-state index >= 15 is 0 Å². The number of carboxylic acids is 1. The molecule has 1 N–H and O–H groups in total. The highest BCUT2D eigenvalue weighted by Gasteiger charge is 2.43. The highest BCUT2D eigenvalue weighted by Crippen LogP contribution is 2.43. The first kappa shape index (κ1) is 21.9. The summed E-state index contributed by atoms with van der Waals surface area (Å²) in [5, 5.41) is 21.5. The van der Waals surface area contributed by atoms with Gasteiger partial charge in [0.05, 0.1) is 22.3 Å². The third-order valence-corrected chi connectivity index (χ3v) is 7.10. The molecule has 1 aromatic carbocycles. The summed E-state index contributed by atoms with van der Waals surface area (Å²) in [6.45, 7) is 1.99. The second-order valence-corrected chi connectivity index (χ2v) is 9.48. The number of anilines is 2. The molecule has 0 aliphatic carbocycles. The number of halogens is 4. The number of alkyl halides is 3. The van der Waals surface area contributed by atoms with E-state index in [2.05, 4.69) is 25.3 Å². The van der Waals surface area contributed by atoms with Gasteiger partial charge in [0, 0.05) is 43.0 Å². The summed E-state index contributed by atoms with van der Waals surface area (Å²) >= 11 is 7.36. The number of aromatic nitrogens is 5. The van der Waals surface area contributed by atoms with Crippen LogP contribution in [0.3, 0.4) is 0 Å². The minimum absolute atomic E-state index is 0.128. The van der Waals surface area contributed by atoms with Gasteiger partial charge in [-0.2, -0.15) is 18.0 Å². The molecule has 2 atom stereocenters. The molecule has 4 heterocycles. The number of fused-ring (bicyclic) bond motifs is 1. The molecule has 0 saturated carbocycles. The number of tetrazole rings is 1. The van der Waals surface area contributed by atoms with Crippen molar-refractivity contribution < 1.29 is 23.1 Å². The van der Waals surface area contributed by atoms with Crippen molar-refractivity contribution >= 4 is 39.7 Å². The van der Waals surface area contributed by atoms with E-state index in [1.807, 2.05) is 0 Å². The third kappa shape index (κ3) is 4.34. The fourth-order valence-corrected chi connectivity index (χ4v) is 5.42. The molecule has 2 aromatic heterocycles. The second kappa shape index (κ2) is 8.13. The van der Waals surface area contributed by atoms with Crippen molar-refractivity contribution in [3.63, 3.8) is 0 Å². The second-order valence-electron chi connectivity index (χ2n) is 8.03. The van der Waals surface area contributed by atoms with Gasteiger partial charge in [0.15, 0.2) is 11.7 Å². The van der Waals surface area contributed by atoms with Crippen molar-refractivity contribution in [2.45, 2.75) is 12.7 Å². The smallest absolute Gasteiger partial charge is 0.418 e. The Bertz CT molecular complexity index is 1190. The third-order valence-electron chi connectivity index (χ3n) is 5.81. The van der Waals surface area contributed by atoms with Crippen LogP contribution in [-0.4, -0.2) is 62.4 Å². The number of thiazole rings is 1. The zero-order chi connectivity index (χ0) is 23.3. The number of carboxylic acid groups (broad SMARTS) is 1. The minimum Gasteiger partial charge on any atom is -0.480 e. The largest absolute Gasteiger partial charge is 0.480 e. The number of hydrogen-bond donors (Lipinski definition) is 1. The van der Waals surface area contributed by atoms with Crippen LogP contribution in [0.1, 0.15) is 5.56 Å². The fraction of sp³-hybridized carbons (Fsp3) is 0.421. The fourth-order valence-electron chi connectivity index (χ4n) is 4.40. The molecule has 2 fully saturated rings. The summed E-state index contributed by atoms with van der Waals surface area (Å²) < 4.78 is 40.4. The maximum Gasteiger partial charge on any atom is 0.418 e. The molecule has 0 bridgehead atoms. The monoisotopic (exact) mass is 499 g/mol. The van der Waals surface area contributed by atoms with Crippen molar-refractivity contribution in [3.05, 3.63) is 35.0 Å². The Labute approximate surface area is 194 Å². The molecule has 174 valence electrons. The summed E-state index contributed by atoms with van der Waals surface area (Å²) in [7, 11) is 0. The lowest BCUT2D eigenvalue weighted by molar-refractivity contribution is -0.138. The zero-order valence-electron chi connectivity index (χ0n) is 16.9. The summed E-state index contributed by atoms with van der Waals surface area (Å²) in [6.07, 6.45) is -2.83. The molecule has 0 radical (unpaired) electrons. The summed E-state index contributed by atoms with van der Waals surface area (Å²) in [6, 6.07) is 3.69. The Hall–Kier alpha value is -2.93. The van der Waals surface area contributed by atoms with Crippen molar-refractivity contribution in [2.75, 3.05) is 36.0 Å². The summed E-state index contributed by atoms with van der Waals surface area (Å²) in [4.78, 5) is 20.8. The Morgan fingerprint density at radius 1 is 1.18 bits per heavy atom. The number of nitrogens with zero attached hydrogens (tertiary/aromatic N) is 7. The van der Waals surface area contributed by atoms with Crippen LogP contribution < -0.4 is 9.80 Å². The zero-order valence-corrected chi connectivity index (χ0v) is 18.5. The predicted molar refractivity (Wildman–Crippen MR) is 114 cm³/mol. The molecule has 0 spiro atoms. The Morgan fingerprint density at radius 2 is 1.88 bits per heavy atom. The molecule has 2 saturated heterocycles. The maximum atomic E-state index is 13.5. The van der Waals surface area contributed by atoms with Gasteiger partial charge in [-0.05, 0) is 23.4 Å². The topological polar surface area (TPSA) is 100 Å². The molecule has 0 amide bonds. The molecule has 33 heavy (non-hydrogen) atoms. The predicted octanol–water partition coefficient (Wildman–Crippen LogP) is 3.13. The molecular formula is C19H17ClF3N7O2S. The molecule has 2 aliphatic rings. The van der Waals surface area contributed by atoms with Gasteiger partial charge in [-0.15, -0.1) is 10.2 Å². The minimum atomic E-state index is -4.44. The molecule has 2 unspecified atom stereocenters. The molecule has 2 aliphatic heterocycles. The van der Waals surface area contributed by atoms with Crippen LogP contribution in [0.5, 0.6) is 0 Å². The van der Waals surface area contributed by atoms with Gasteiger partial charge < -0.3 is 14.9 Å². The molecule has 3 aromatic rings.